The first-order chi connectivity index (χ1) is 7.11. The average Bonchev–Trinajstić information content (AvgIpc) is 2.60. The van der Waals surface area contributed by atoms with Crippen molar-refractivity contribution in [3.05, 3.63) is 5.82 Å². The molecule has 0 spiro atoms. The summed E-state index contributed by atoms with van der Waals surface area (Å²) in [6, 6.07) is 0. The fourth-order valence-electron chi connectivity index (χ4n) is 0.975. The summed E-state index contributed by atoms with van der Waals surface area (Å²) in [4.78, 5) is 12.9. The molecule has 0 aliphatic carbocycles. The summed E-state index contributed by atoms with van der Waals surface area (Å²) in [5.74, 6) is 1.20. The Hall–Kier alpha value is -0.910. The quantitative estimate of drug-likeness (QED) is 0.722. The maximum atomic E-state index is 11.5. The number of tetrazole rings is 1. The van der Waals surface area contributed by atoms with Crippen molar-refractivity contribution in [3.8, 4) is 0 Å². The predicted molar refractivity (Wildman–Crippen MR) is 59.7 cm³/mol. The van der Waals surface area contributed by atoms with Gasteiger partial charge in [0.05, 0.1) is 19.2 Å². The zero-order valence-electron chi connectivity index (χ0n) is 9.30. The van der Waals surface area contributed by atoms with Gasteiger partial charge in [0.25, 0.3) is 0 Å². The lowest BCUT2D eigenvalue weighted by molar-refractivity contribution is -0.116. The van der Waals surface area contributed by atoms with Crippen LogP contribution in [0.3, 0.4) is 0 Å². The van der Waals surface area contributed by atoms with Gasteiger partial charge in [0.15, 0.2) is 5.82 Å². The van der Waals surface area contributed by atoms with Crippen molar-refractivity contribution < 1.29 is 4.79 Å². The largest absolute Gasteiger partial charge is 0.298 e. The summed E-state index contributed by atoms with van der Waals surface area (Å²) in [6.07, 6.45) is 1.37. The normalized spacial score (nSPS) is 12.7. The van der Waals surface area contributed by atoms with Crippen LogP contribution in [0.5, 0.6) is 0 Å². The zero-order valence-corrected chi connectivity index (χ0v) is 10.1. The number of Topliss-reactive ketones (excluding diaryl/α,β-unsaturated/α-hetero) is 1. The van der Waals surface area contributed by atoms with Gasteiger partial charge in [0.2, 0.25) is 0 Å². The van der Waals surface area contributed by atoms with E-state index in [0.29, 0.717) is 16.8 Å². The van der Waals surface area contributed by atoms with Crippen molar-refractivity contribution in [2.75, 3.05) is 5.75 Å². The molecule has 1 atom stereocenters. The number of ketones is 1. The SMILES string of the molecule is CCC(C)SCC(=O)Cc1nnn(C)n1. The van der Waals surface area contributed by atoms with Crippen molar-refractivity contribution in [2.24, 2.45) is 7.05 Å². The van der Waals surface area contributed by atoms with E-state index in [4.69, 9.17) is 0 Å². The van der Waals surface area contributed by atoms with E-state index in [2.05, 4.69) is 29.3 Å². The van der Waals surface area contributed by atoms with E-state index >= 15 is 0 Å². The Morgan fingerprint density at radius 1 is 1.60 bits per heavy atom. The number of carbonyl (C=O) groups excluding carboxylic acids is 1. The minimum Gasteiger partial charge on any atom is -0.298 e. The summed E-state index contributed by atoms with van der Waals surface area (Å²) < 4.78 is 0. The Morgan fingerprint density at radius 3 is 2.87 bits per heavy atom. The van der Waals surface area contributed by atoms with E-state index in [1.54, 1.807) is 18.8 Å². The first-order valence-corrected chi connectivity index (χ1v) is 6.03. The van der Waals surface area contributed by atoms with E-state index in [1.807, 2.05) is 0 Å². The number of aromatic nitrogens is 4. The molecule has 0 amide bonds. The van der Waals surface area contributed by atoms with Crippen molar-refractivity contribution in [2.45, 2.75) is 31.9 Å². The minimum absolute atomic E-state index is 0.160. The molecule has 0 aromatic carbocycles. The molecule has 0 N–H and O–H groups in total. The molecule has 5 nitrogen and oxygen atoms in total. The Kier molecular flexibility index (Phi) is 4.74. The molecule has 0 saturated carbocycles. The molecule has 0 radical (unpaired) electrons. The molecule has 6 heteroatoms. The topological polar surface area (TPSA) is 60.7 Å². The van der Waals surface area contributed by atoms with Crippen LogP contribution in [0.2, 0.25) is 0 Å². The second-order valence-electron chi connectivity index (χ2n) is 3.44. The lowest BCUT2D eigenvalue weighted by Gasteiger charge is -2.05. The van der Waals surface area contributed by atoms with Gasteiger partial charge in [-0.3, -0.25) is 4.79 Å². The second-order valence-corrected chi connectivity index (χ2v) is 4.87. The Bertz CT molecular complexity index is 326. The van der Waals surface area contributed by atoms with Crippen LogP contribution in [0.25, 0.3) is 0 Å². The van der Waals surface area contributed by atoms with E-state index in [0.717, 1.165) is 6.42 Å². The number of rotatable bonds is 6. The number of nitrogens with zero attached hydrogens (tertiary/aromatic N) is 4. The molecule has 0 saturated heterocycles. The van der Waals surface area contributed by atoms with Crippen LogP contribution >= 0.6 is 11.8 Å². The highest BCUT2D eigenvalue weighted by Gasteiger charge is 2.10. The summed E-state index contributed by atoms with van der Waals surface area (Å²) in [5, 5.41) is 11.9. The van der Waals surface area contributed by atoms with Gasteiger partial charge in [0.1, 0.15) is 5.78 Å². The van der Waals surface area contributed by atoms with Crippen molar-refractivity contribution in [3.63, 3.8) is 0 Å². The molecule has 0 aliphatic heterocycles. The van der Waals surface area contributed by atoms with Gasteiger partial charge < -0.3 is 0 Å². The molecule has 15 heavy (non-hydrogen) atoms. The monoisotopic (exact) mass is 228 g/mol. The summed E-state index contributed by atoms with van der Waals surface area (Å²) in [5.41, 5.74) is 0. The minimum atomic E-state index is 0.160. The van der Waals surface area contributed by atoms with Crippen molar-refractivity contribution >= 4 is 17.5 Å². The molecule has 0 aliphatic rings. The van der Waals surface area contributed by atoms with Crippen LogP contribution in [0.15, 0.2) is 0 Å². The number of hydrogen-bond donors (Lipinski definition) is 0. The zero-order chi connectivity index (χ0) is 11.3. The first kappa shape index (κ1) is 12.2. The van der Waals surface area contributed by atoms with E-state index in [9.17, 15) is 4.79 Å². The molecular weight excluding hydrogens is 212 g/mol. The Morgan fingerprint density at radius 2 is 2.33 bits per heavy atom. The average molecular weight is 228 g/mol. The maximum absolute atomic E-state index is 11.5. The molecule has 1 unspecified atom stereocenters. The molecule has 1 aromatic heterocycles. The van der Waals surface area contributed by atoms with E-state index in [1.165, 1.54) is 4.80 Å². The molecule has 0 fully saturated rings. The number of aryl methyl sites for hydroxylation is 1. The van der Waals surface area contributed by atoms with Crippen molar-refractivity contribution in [1.29, 1.82) is 0 Å². The third-order valence-electron chi connectivity index (χ3n) is 2.01. The fourth-order valence-corrected chi connectivity index (χ4v) is 1.78. The van der Waals surface area contributed by atoms with Crippen LogP contribution in [-0.2, 0) is 18.3 Å². The van der Waals surface area contributed by atoms with Gasteiger partial charge in [-0.2, -0.15) is 16.6 Å². The van der Waals surface area contributed by atoms with Gasteiger partial charge in [-0.15, -0.1) is 10.2 Å². The number of hydrogen-bond acceptors (Lipinski definition) is 5. The molecule has 1 heterocycles. The lowest BCUT2D eigenvalue weighted by Crippen LogP contribution is -2.10. The van der Waals surface area contributed by atoms with Crippen LogP contribution in [0.1, 0.15) is 26.1 Å². The smallest absolute Gasteiger partial charge is 0.182 e. The van der Waals surface area contributed by atoms with Crippen LogP contribution < -0.4 is 0 Å². The molecular formula is C9H16N4OS. The molecule has 1 rings (SSSR count). The summed E-state index contributed by atoms with van der Waals surface area (Å²) in [6.45, 7) is 4.24. The molecule has 0 bridgehead atoms. The standard InChI is InChI=1S/C9H16N4OS/c1-4-7(2)15-6-8(14)5-9-10-12-13(3)11-9/h7H,4-6H2,1-3H3. The third kappa shape index (κ3) is 4.42. The lowest BCUT2D eigenvalue weighted by atomic mass is 10.3. The maximum Gasteiger partial charge on any atom is 0.182 e. The summed E-state index contributed by atoms with van der Waals surface area (Å²) >= 11 is 1.68. The Balaban J connectivity index is 2.30. The molecule has 84 valence electrons. The van der Waals surface area contributed by atoms with Gasteiger partial charge in [-0.25, -0.2) is 0 Å². The fraction of sp³-hybridized carbons (Fsp3) is 0.778. The van der Waals surface area contributed by atoms with Crippen LogP contribution in [0, 0.1) is 0 Å². The highest BCUT2D eigenvalue weighted by molar-refractivity contribution is 8.00. The second kappa shape index (κ2) is 5.85. The van der Waals surface area contributed by atoms with Gasteiger partial charge >= 0.3 is 0 Å². The Labute approximate surface area is 93.6 Å². The van der Waals surface area contributed by atoms with Gasteiger partial charge in [-0.05, 0) is 11.6 Å². The first-order valence-electron chi connectivity index (χ1n) is 4.98. The highest BCUT2D eigenvalue weighted by atomic mass is 32.2. The van der Waals surface area contributed by atoms with E-state index in [-0.39, 0.29) is 12.2 Å². The van der Waals surface area contributed by atoms with Crippen LogP contribution in [0.4, 0.5) is 0 Å². The number of thioether (sulfide) groups is 1. The summed E-state index contributed by atoms with van der Waals surface area (Å²) in [7, 11) is 1.69. The predicted octanol–water partition coefficient (Wildman–Crippen LogP) is 0.853. The van der Waals surface area contributed by atoms with E-state index < -0.39 is 0 Å². The van der Waals surface area contributed by atoms with Crippen LogP contribution in [-0.4, -0.2) is 37.0 Å². The van der Waals surface area contributed by atoms with Gasteiger partial charge in [-0.1, -0.05) is 13.8 Å². The van der Waals surface area contributed by atoms with Crippen molar-refractivity contribution in [1.82, 2.24) is 20.2 Å². The third-order valence-corrected chi connectivity index (χ3v) is 3.40. The molecule has 1 aromatic rings. The number of carbonyl (C=O) groups is 1. The van der Waals surface area contributed by atoms with Gasteiger partial charge in [0, 0.05) is 5.25 Å². The highest BCUT2D eigenvalue weighted by Crippen LogP contribution is 2.13.